The van der Waals surface area contributed by atoms with Gasteiger partial charge < -0.3 is 19.9 Å². The molecule has 0 fully saturated rings. The van der Waals surface area contributed by atoms with Crippen LogP contribution in [-0.2, 0) is 27.3 Å². The third-order valence-electron chi connectivity index (χ3n) is 2.27. The zero-order valence-electron chi connectivity index (χ0n) is 10.9. The smallest absolute Gasteiger partial charge is 0.0962 e. The number of aromatic nitrogens is 3. The standard InChI is InChI=1S/C11H22N4O3/c1-16-4-2-5-17-7-8-18-6-3-15-10-11(9-12)13-14-15/h10H,2-9,12H2,1H3. The summed E-state index contributed by atoms with van der Waals surface area (Å²) < 4.78 is 17.4. The summed E-state index contributed by atoms with van der Waals surface area (Å²) >= 11 is 0. The molecule has 0 radical (unpaired) electrons. The normalized spacial score (nSPS) is 11.0. The second-order valence-corrected chi connectivity index (χ2v) is 3.75. The topological polar surface area (TPSA) is 84.4 Å². The summed E-state index contributed by atoms with van der Waals surface area (Å²) in [5.74, 6) is 0. The van der Waals surface area contributed by atoms with Crippen LogP contribution in [0.4, 0.5) is 0 Å². The number of hydrogen-bond acceptors (Lipinski definition) is 6. The molecule has 0 saturated heterocycles. The molecule has 0 aliphatic heterocycles. The first kappa shape index (κ1) is 15.0. The van der Waals surface area contributed by atoms with Crippen LogP contribution in [0.25, 0.3) is 0 Å². The lowest BCUT2D eigenvalue weighted by Gasteiger charge is -2.05. The van der Waals surface area contributed by atoms with Crippen LogP contribution in [-0.4, -0.2) is 55.1 Å². The summed E-state index contributed by atoms with van der Waals surface area (Å²) in [7, 11) is 1.68. The lowest BCUT2D eigenvalue weighted by Crippen LogP contribution is -2.11. The fourth-order valence-electron chi connectivity index (χ4n) is 1.33. The molecule has 2 N–H and O–H groups in total. The van der Waals surface area contributed by atoms with Gasteiger partial charge in [-0.05, 0) is 6.42 Å². The van der Waals surface area contributed by atoms with Gasteiger partial charge in [-0.2, -0.15) is 0 Å². The number of nitrogens with two attached hydrogens (primary N) is 1. The van der Waals surface area contributed by atoms with Crippen molar-refractivity contribution in [3.05, 3.63) is 11.9 Å². The number of nitrogens with zero attached hydrogens (tertiary/aromatic N) is 3. The van der Waals surface area contributed by atoms with Gasteiger partial charge in [0, 0.05) is 33.1 Å². The molecule has 0 aliphatic carbocycles. The van der Waals surface area contributed by atoms with Gasteiger partial charge in [-0.3, -0.25) is 0 Å². The van der Waals surface area contributed by atoms with Gasteiger partial charge in [0.1, 0.15) is 0 Å². The summed E-state index contributed by atoms with van der Waals surface area (Å²) in [4.78, 5) is 0. The molecule has 7 heteroatoms. The van der Waals surface area contributed by atoms with Gasteiger partial charge in [0.05, 0.1) is 32.1 Å². The summed E-state index contributed by atoms with van der Waals surface area (Å²) in [5, 5.41) is 7.80. The molecule has 0 saturated carbocycles. The SMILES string of the molecule is COCCCOCCOCCn1cc(CN)nn1. The zero-order chi connectivity index (χ0) is 13.1. The minimum absolute atomic E-state index is 0.413. The molecule has 104 valence electrons. The largest absolute Gasteiger partial charge is 0.385 e. The molecule has 1 rings (SSSR count). The summed E-state index contributed by atoms with van der Waals surface area (Å²) in [5.41, 5.74) is 6.22. The van der Waals surface area contributed by atoms with Crippen LogP contribution in [0.2, 0.25) is 0 Å². The molecule has 0 aromatic carbocycles. The molecular formula is C11H22N4O3. The zero-order valence-corrected chi connectivity index (χ0v) is 10.9. The van der Waals surface area contributed by atoms with Crippen LogP contribution in [0.1, 0.15) is 12.1 Å². The summed E-state index contributed by atoms with van der Waals surface area (Å²) in [6.45, 7) is 4.32. The van der Waals surface area contributed by atoms with Gasteiger partial charge in [0.25, 0.3) is 0 Å². The first-order valence-electron chi connectivity index (χ1n) is 6.10. The van der Waals surface area contributed by atoms with E-state index >= 15 is 0 Å². The number of ether oxygens (including phenoxy) is 3. The van der Waals surface area contributed by atoms with Crippen LogP contribution in [0.5, 0.6) is 0 Å². The molecular weight excluding hydrogens is 236 g/mol. The van der Waals surface area contributed by atoms with Gasteiger partial charge in [-0.1, -0.05) is 5.21 Å². The minimum atomic E-state index is 0.413. The maximum absolute atomic E-state index is 5.43. The van der Waals surface area contributed by atoms with Crippen molar-refractivity contribution in [1.82, 2.24) is 15.0 Å². The number of hydrogen-bond donors (Lipinski definition) is 1. The van der Waals surface area contributed by atoms with Crippen LogP contribution in [0.3, 0.4) is 0 Å². The van der Waals surface area contributed by atoms with E-state index in [0.29, 0.717) is 39.5 Å². The second kappa shape index (κ2) is 9.95. The monoisotopic (exact) mass is 258 g/mol. The Morgan fingerprint density at radius 3 is 2.61 bits per heavy atom. The molecule has 0 unspecified atom stereocenters. The van der Waals surface area contributed by atoms with Crippen LogP contribution >= 0.6 is 0 Å². The fourth-order valence-corrected chi connectivity index (χ4v) is 1.33. The Labute approximate surface area is 107 Å². The quantitative estimate of drug-likeness (QED) is 0.554. The number of rotatable bonds is 11. The number of methoxy groups -OCH3 is 1. The van der Waals surface area contributed by atoms with Crippen molar-refractivity contribution in [2.75, 3.05) is 40.1 Å². The summed E-state index contributed by atoms with van der Waals surface area (Å²) in [6, 6.07) is 0. The highest BCUT2D eigenvalue weighted by molar-refractivity contribution is 4.90. The molecule has 0 atom stereocenters. The molecule has 0 spiro atoms. The Balaban J connectivity index is 1.89. The Morgan fingerprint density at radius 2 is 1.94 bits per heavy atom. The Kier molecular flexibility index (Phi) is 8.32. The second-order valence-electron chi connectivity index (χ2n) is 3.75. The van der Waals surface area contributed by atoms with E-state index in [0.717, 1.165) is 18.7 Å². The third-order valence-corrected chi connectivity index (χ3v) is 2.27. The van der Waals surface area contributed by atoms with E-state index in [9.17, 15) is 0 Å². The summed E-state index contributed by atoms with van der Waals surface area (Å²) in [6.07, 6.45) is 2.74. The van der Waals surface area contributed by atoms with Crippen molar-refractivity contribution < 1.29 is 14.2 Å². The maximum atomic E-state index is 5.43. The molecule has 1 heterocycles. The van der Waals surface area contributed by atoms with Crippen molar-refractivity contribution in [2.24, 2.45) is 5.73 Å². The molecule has 1 aromatic rings. The Hall–Kier alpha value is -1.02. The Bertz CT molecular complexity index is 306. The predicted octanol–water partition coefficient (Wildman–Crippen LogP) is -0.193. The Morgan fingerprint density at radius 1 is 1.17 bits per heavy atom. The van der Waals surface area contributed by atoms with E-state index in [1.807, 2.05) is 6.20 Å². The highest BCUT2D eigenvalue weighted by Gasteiger charge is 1.98. The predicted molar refractivity (Wildman–Crippen MR) is 66.0 cm³/mol. The van der Waals surface area contributed by atoms with Gasteiger partial charge >= 0.3 is 0 Å². The average Bonchev–Trinajstić information content (AvgIpc) is 2.85. The third kappa shape index (κ3) is 6.65. The van der Waals surface area contributed by atoms with Crippen molar-refractivity contribution >= 4 is 0 Å². The molecule has 1 aromatic heterocycles. The highest BCUT2D eigenvalue weighted by Crippen LogP contribution is 1.91. The van der Waals surface area contributed by atoms with Crippen molar-refractivity contribution in [3.8, 4) is 0 Å². The van der Waals surface area contributed by atoms with E-state index < -0.39 is 0 Å². The maximum Gasteiger partial charge on any atom is 0.0962 e. The van der Waals surface area contributed by atoms with E-state index in [4.69, 9.17) is 19.9 Å². The van der Waals surface area contributed by atoms with Gasteiger partial charge in [-0.15, -0.1) is 5.10 Å². The van der Waals surface area contributed by atoms with Gasteiger partial charge in [0.15, 0.2) is 0 Å². The van der Waals surface area contributed by atoms with Crippen molar-refractivity contribution in [3.63, 3.8) is 0 Å². The van der Waals surface area contributed by atoms with Gasteiger partial charge in [0.2, 0.25) is 0 Å². The van der Waals surface area contributed by atoms with E-state index in [1.54, 1.807) is 11.8 Å². The first-order valence-corrected chi connectivity index (χ1v) is 6.10. The van der Waals surface area contributed by atoms with Gasteiger partial charge in [-0.25, -0.2) is 4.68 Å². The highest BCUT2D eigenvalue weighted by atomic mass is 16.5. The van der Waals surface area contributed by atoms with Crippen molar-refractivity contribution in [1.29, 1.82) is 0 Å². The molecule has 18 heavy (non-hydrogen) atoms. The van der Waals surface area contributed by atoms with Crippen molar-refractivity contribution in [2.45, 2.75) is 19.5 Å². The van der Waals surface area contributed by atoms with E-state index in [-0.39, 0.29) is 0 Å². The minimum Gasteiger partial charge on any atom is -0.385 e. The van der Waals surface area contributed by atoms with Crippen LogP contribution in [0, 0.1) is 0 Å². The molecule has 0 bridgehead atoms. The molecule has 0 aliphatic rings. The van der Waals surface area contributed by atoms with Crippen LogP contribution < -0.4 is 5.73 Å². The lowest BCUT2D eigenvalue weighted by molar-refractivity contribution is 0.0366. The van der Waals surface area contributed by atoms with Crippen LogP contribution in [0.15, 0.2) is 6.20 Å². The first-order chi connectivity index (χ1) is 8.86. The van der Waals surface area contributed by atoms with E-state index in [2.05, 4.69) is 10.3 Å². The lowest BCUT2D eigenvalue weighted by atomic mass is 10.5. The van der Waals surface area contributed by atoms with E-state index in [1.165, 1.54) is 0 Å². The average molecular weight is 258 g/mol. The fraction of sp³-hybridized carbons (Fsp3) is 0.818. The molecule has 0 amide bonds. The molecule has 7 nitrogen and oxygen atoms in total.